The van der Waals surface area contributed by atoms with Crippen molar-refractivity contribution in [1.29, 1.82) is 0 Å². The molecule has 0 bridgehead atoms. The third-order valence-corrected chi connectivity index (χ3v) is 5.11. The van der Waals surface area contributed by atoms with Gasteiger partial charge in [-0.25, -0.2) is 4.98 Å². The number of hydrogen-bond donors (Lipinski definition) is 4. The highest BCUT2D eigenvalue weighted by atomic mass is 16.6. The van der Waals surface area contributed by atoms with Crippen LogP contribution in [0.4, 0.5) is 17.6 Å². The topological polar surface area (TPSA) is 111 Å². The second kappa shape index (κ2) is 8.22. The summed E-state index contributed by atoms with van der Waals surface area (Å²) in [5, 5.41) is 23.8. The summed E-state index contributed by atoms with van der Waals surface area (Å²) in [7, 11) is 0. The van der Waals surface area contributed by atoms with Crippen molar-refractivity contribution < 1.29 is 9.84 Å². The Hall–Kier alpha value is -2.67. The van der Waals surface area contributed by atoms with Crippen molar-refractivity contribution in [2.45, 2.75) is 64.0 Å². The van der Waals surface area contributed by atoms with Crippen molar-refractivity contribution in [2.75, 3.05) is 23.3 Å². The summed E-state index contributed by atoms with van der Waals surface area (Å²) in [6.07, 6.45) is 9.52. The summed E-state index contributed by atoms with van der Waals surface area (Å²) >= 11 is 0. The van der Waals surface area contributed by atoms with Crippen molar-refractivity contribution in [2.24, 2.45) is 0 Å². The Morgan fingerprint density at radius 3 is 2.87 bits per heavy atom. The highest BCUT2D eigenvalue weighted by Gasteiger charge is 2.28. The molecule has 2 aromatic heterocycles. The molecule has 2 aromatic rings. The molecular formula is C21H29N7O2. The van der Waals surface area contributed by atoms with E-state index in [9.17, 15) is 5.11 Å². The van der Waals surface area contributed by atoms with Crippen LogP contribution in [0.5, 0.6) is 0 Å². The summed E-state index contributed by atoms with van der Waals surface area (Å²) < 4.78 is 5.53. The molecular weight excluding hydrogens is 382 g/mol. The van der Waals surface area contributed by atoms with Crippen molar-refractivity contribution >= 4 is 17.6 Å². The number of ether oxygens (including phenoxy) is 1. The van der Waals surface area contributed by atoms with Crippen LogP contribution in [0.2, 0.25) is 0 Å². The maximum atomic E-state index is 10.1. The van der Waals surface area contributed by atoms with E-state index in [1.54, 1.807) is 6.20 Å². The summed E-state index contributed by atoms with van der Waals surface area (Å²) in [4.78, 5) is 11.1. The Labute approximate surface area is 176 Å². The van der Waals surface area contributed by atoms with Crippen LogP contribution in [0.1, 0.15) is 57.2 Å². The van der Waals surface area contributed by atoms with Crippen LogP contribution in [0.25, 0.3) is 0 Å². The molecule has 2 unspecified atom stereocenters. The smallest absolute Gasteiger partial charge is 0.227 e. The van der Waals surface area contributed by atoms with E-state index in [0.29, 0.717) is 35.6 Å². The molecule has 0 radical (unpaired) electrons. The zero-order chi connectivity index (χ0) is 21.3. The van der Waals surface area contributed by atoms with Gasteiger partial charge in [0, 0.05) is 36.8 Å². The van der Waals surface area contributed by atoms with E-state index < -0.39 is 12.0 Å². The lowest BCUT2D eigenvalue weighted by Gasteiger charge is -2.26. The summed E-state index contributed by atoms with van der Waals surface area (Å²) in [6, 6.07) is 2.08. The minimum Gasteiger partial charge on any atom is -0.356 e. The normalized spacial score (nSPS) is 20.2. The van der Waals surface area contributed by atoms with Gasteiger partial charge in [-0.05, 0) is 40.0 Å². The van der Waals surface area contributed by atoms with Gasteiger partial charge in [0.25, 0.3) is 0 Å². The number of aliphatic hydroxyl groups is 1. The SMILES string of the molecule is C#Cc1cnc(N2CCC(NC(O)OC(C)(C)C)C2)nc1Nc1cc(C2CC2)[nH]n1. The zero-order valence-electron chi connectivity index (χ0n) is 17.6. The first-order valence-electron chi connectivity index (χ1n) is 10.3. The van der Waals surface area contributed by atoms with Gasteiger partial charge in [-0.2, -0.15) is 10.1 Å². The highest BCUT2D eigenvalue weighted by molar-refractivity contribution is 5.62. The van der Waals surface area contributed by atoms with E-state index in [2.05, 4.69) is 41.6 Å². The van der Waals surface area contributed by atoms with Crippen molar-refractivity contribution in [3.8, 4) is 12.3 Å². The van der Waals surface area contributed by atoms with Gasteiger partial charge in [0.05, 0.1) is 17.4 Å². The van der Waals surface area contributed by atoms with E-state index in [0.717, 1.165) is 18.7 Å². The minimum atomic E-state index is -1.02. The molecule has 3 heterocycles. The average molecular weight is 412 g/mol. The summed E-state index contributed by atoms with van der Waals surface area (Å²) in [5.41, 5.74) is 1.29. The second-order valence-corrected chi connectivity index (χ2v) is 8.87. The number of H-pyrrole nitrogens is 1. The van der Waals surface area contributed by atoms with Crippen LogP contribution < -0.4 is 15.5 Å². The lowest BCUT2D eigenvalue weighted by molar-refractivity contribution is -0.184. The number of anilines is 3. The third-order valence-electron chi connectivity index (χ3n) is 5.11. The Morgan fingerprint density at radius 2 is 2.17 bits per heavy atom. The first-order valence-corrected chi connectivity index (χ1v) is 10.3. The van der Waals surface area contributed by atoms with Crippen LogP contribution in [0.3, 0.4) is 0 Å². The van der Waals surface area contributed by atoms with Crippen LogP contribution in [0.15, 0.2) is 12.3 Å². The minimum absolute atomic E-state index is 0.0714. The molecule has 1 aliphatic heterocycles. The first kappa shape index (κ1) is 20.6. The van der Waals surface area contributed by atoms with Gasteiger partial charge in [0.1, 0.15) is 0 Å². The Balaban J connectivity index is 1.42. The Morgan fingerprint density at radius 1 is 1.37 bits per heavy atom. The van der Waals surface area contributed by atoms with Crippen LogP contribution in [0, 0.1) is 12.3 Å². The molecule has 0 aromatic carbocycles. The first-order chi connectivity index (χ1) is 14.3. The van der Waals surface area contributed by atoms with Crippen molar-refractivity contribution in [3.63, 3.8) is 0 Å². The number of aliphatic hydroxyl groups excluding tert-OH is 1. The Bertz CT molecular complexity index is 926. The average Bonchev–Trinajstić information content (AvgIpc) is 3.24. The third kappa shape index (κ3) is 5.08. The lowest BCUT2D eigenvalue weighted by atomic mass is 10.2. The fourth-order valence-corrected chi connectivity index (χ4v) is 3.50. The molecule has 4 N–H and O–H groups in total. The molecule has 30 heavy (non-hydrogen) atoms. The van der Waals surface area contributed by atoms with E-state index in [1.807, 2.05) is 26.8 Å². The van der Waals surface area contributed by atoms with Gasteiger partial charge in [0.2, 0.25) is 12.4 Å². The molecule has 2 fully saturated rings. The van der Waals surface area contributed by atoms with Gasteiger partial charge in [-0.1, -0.05) is 5.92 Å². The maximum absolute atomic E-state index is 10.1. The van der Waals surface area contributed by atoms with Gasteiger partial charge in [0.15, 0.2) is 11.6 Å². The predicted molar refractivity (Wildman–Crippen MR) is 114 cm³/mol. The van der Waals surface area contributed by atoms with Crippen LogP contribution >= 0.6 is 0 Å². The van der Waals surface area contributed by atoms with Crippen LogP contribution in [-0.2, 0) is 4.74 Å². The number of nitrogens with zero attached hydrogens (tertiary/aromatic N) is 4. The maximum Gasteiger partial charge on any atom is 0.227 e. The largest absolute Gasteiger partial charge is 0.356 e. The molecule has 2 aliphatic rings. The number of aromatic amines is 1. The number of hydrogen-bond acceptors (Lipinski definition) is 8. The highest BCUT2D eigenvalue weighted by Crippen LogP contribution is 2.39. The van der Waals surface area contributed by atoms with Gasteiger partial charge < -0.3 is 20.1 Å². The monoisotopic (exact) mass is 411 g/mol. The van der Waals surface area contributed by atoms with Gasteiger partial charge >= 0.3 is 0 Å². The molecule has 1 aliphatic carbocycles. The number of rotatable bonds is 7. The molecule has 1 saturated carbocycles. The molecule has 0 amide bonds. The standard InChI is InChI=1S/C21H29N7O2/c1-5-13-11-22-19(25-18(13)24-17-10-16(26-27-17)14-6-7-14)28-9-8-15(12-28)23-20(29)30-21(2,3)4/h1,10-11,14-15,20,23,29H,6-9,12H2,2-4H3,(H2,22,24,25,26,27). The quantitative estimate of drug-likeness (QED) is 0.405. The molecule has 4 rings (SSSR count). The number of nitrogens with one attached hydrogen (secondary N) is 3. The van der Waals surface area contributed by atoms with Crippen LogP contribution in [-0.4, -0.2) is 56.4 Å². The number of aromatic nitrogens is 4. The molecule has 0 spiro atoms. The second-order valence-electron chi connectivity index (χ2n) is 8.87. The number of terminal acetylenes is 1. The zero-order valence-corrected chi connectivity index (χ0v) is 17.6. The van der Waals surface area contributed by atoms with Crippen molar-refractivity contribution in [1.82, 2.24) is 25.5 Å². The molecule has 2 atom stereocenters. The van der Waals surface area contributed by atoms with E-state index in [4.69, 9.17) is 11.2 Å². The fourth-order valence-electron chi connectivity index (χ4n) is 3.50. The van der Waals surface area contributed by atoms with Gasteiger partial charge in [-0.15, -0.1) is 6.42 Å². The van der Waals surface area contributed by atoms with E-state index >= 15 is 0 Å². The lowest BCUT2D eigenvalue weighted by Crippen LogP contribution is -2.44. The molecule has 160 valence electrons. The Kier molecular flexibility index (Phi) is 5.64. The fraction of sp³-hybridized carbons (Fsp3) is 0.571. The predicted octanol–water partition coefficient (Wildman–Crippen LogP) is 2.06. The van der Waals surface area contributed by atoms with E-state index in [1.165, 1.54) is 12.8 Å². The molecule has 9 heteroatoms. The van der Waals surface area contributed by atoms with Crippen molar-refractivity contribution in [3.05, 3.63) is 23.5 Å². The summed E-state index contributed by atoms with van der Waals surface area (Å²) in [6.45, 7) is 7.14. The summed E-state index contributed by atoms with van der Waals surface area (Å²) in [5.74, 6) is 5.06. The van der Waals surface area contributed by atoms with Gasteiger partial charge in [-0.3, -0.25) is 10.4 Å². The van der Waals surface area contributed by atoms with E-state index in [-0.39, 0.29) is 6.04 Å². The molecule has 1 saturated heterocycles. The molecule has 9 nitrogen and oxygen atoms in total.